The summed E-state index contributed by atoms with van der Waals surface area (Å²) in [5.41, 5.74) is 9.82. The highest BCUT2D eigenvalue weighted by Gasteiger charge is 2.21. The fourth-order valence-corrected chi connectivity index (χ4v) is 3.47. The SMILES string of the molecule is Nc1nc2c(c(=O)[nH]1)CN(Cc1ccc(-c3ccccc3Cl)nc1)CC2. The monoisotopic (exact) mass is 367 g/mol. The molecular formula is C19H18ClN5O. The van der Waals surface area contributed by atoms with Gasteiger partial charge in [-0.25, -0.2) is 4.98 Å². The first-order valence-electron chi connectivity index (χ1n) is 8.40. The van der Waals surface area contributed by atoms with E-state index in [1.807, 2.05) is 42.6 Å². The van der Waals surface area contributed by atoms with Gasteiger partial charge in [0, 0.05) is 42.8 Å². The molecule has 26 heavy (non-hydrogen) atoms. The number of rotatable bonds is 3. The molecule has 0 bridgehead atoms. The Kier molecular flexibility index (Phi) is 4.44. The third-order valence-corrected chi connectivity index (χ3v) is 4.88. The quantitative estimate of drug-likeness (QED) is 0.743. The van der Waals surface area contributed by atoms with Gasteiger partial charge in [0.25, 0.3) is 5.56 Å². The van der Waals surface area contributed by atoms with Crippen LogP contribution in [0.25, 0.3) is 11.3 Å². The molecule has 0 atom stereocenters. The number of halogens is 1. The topological polar surface area (TPSA) is 87.9 Å². The molecule has 132 valence electrons. The highest BCUT2D eigenvalue weighted by Crippen LogP contribution is 2.26. The van der Waals surface area contributed by atoms with Crippen LogP contribution in [0.4, 0.5) is 5.95 Å². The molecule has 0 unspecified atom stereocenters. The molecule has 3 N–H and O–H groups in total. The minimum atomic E-state index is -0.149. The summed E-state index contributed by atoms with van der Waals surface area (Å²) in [5, 5.41) is 0.686. The van der Waals surface area contributed by atoms with Crippen molar-refractivity contribution in [3.63, 3.8) is 0 Å². The highest BCUT2D eigenvalue weighted by atomic mass is 35.5. The molecule has 1 aromatic carbocycles. The van der Waals surface area contributed by atoms with Crippen molar-refractivity contribution in [2.24, 2.45) is 0 Å². The van der Waals surface area contributed by atoms with Gasteiger partial charge in [0.15, 0.2) is 0 Å². The lowest BCUT2D eigenvalue weighted by molar-refractivity contribution is 0.241. The van der Waals surface area contributed by atoms with Crippen molar-refractivity contribution in [3.8, 4) is 11.3 Å². The zero-order valence-corrected chi connectivity index (χ0v) is 14.8. The molecule has 0 radical (unpaired) electrons. The molecular weight excluding hydrogens is 350 g/mol. The first kappa shape index (κ1) is 16.8. The van der Waals surface area contributed by atoms with Crippen molar-refractivity contribution in [2.45, 2.75) is 19.5 Å². The fourth-order valence-electron chi connectivity index (χ4n) is 3.24. The van der Waals surface area contributed by atoms with E-state index in [1.165, 1.54) is 0 Å². The van der Waals surface area contributed by atoms with E-state index in [0.29, 0.717) is 23.6 Å². The maximum atomic E-state index is 12.1. The highest BCUT2D eigenvalue weighted by molar-refractivity contribution is 6.33. The van der Waals surface area contributed by atoms with Crippen LogP contribution in [0.1, 0.15) is 16.8 Å². The molecule has 4 rings (SSSR count). The molecule has 1 aliphatic rings. The lowest BCUT2D eigenvalue weighted by Crippen LogP contribution is -2.35. The normalized spacial score (nSPS) is 14.2. The summed E-state index contributed by atoms with van der Waals surface area (Å²) in [7, 11) is 0. The lowest BCUT2D eigenvalue weighted by Gasteiger charge is -2.27. The number of H-pyrrole nitrogens is 1. The molecule has 6 nitrogen and oxygen atoms in total. The van der Waals surface area contributed by atoms with Crippen LogP contribution in [-0.2, 0) is 19.5 Å². The van der Waals surface area contributed by atoms with Crippen molar-refractivity contribution < 1.29 is 0 Å². The number of anilines is 1. The molecule has 7 heteroatoms. The Hall–Kier alpha value is -2.70. The number of nitrogens with zero attached hydrogens (tertiary/aromatic N) is 3. The summed E-state index contributed by atoms with van der Waals surface area (Å²) in [6.45, 7) is 2.11. The maximum Gasteiger partial charge on any atom is 0.257 e. The molecule has 3 heterocycles. The first-order valence-corrected chi connectivity index (χ1v) is 8.77. The van der Waals surface area contributed by atoms with E-state index < -0.39 is 0 Å². The van der Waals surface area contributed by atoms with Gasteiger partial charge < -0.3 is 5.73 Å². The number of nitrogens with one attached hydrogen (secondary N) is 1. The Bertz CT molecular complexity index is 1000. The van der Waals surface area contributed by atoms with Crippen LogP contribution in [0.2, 0.25) is 5.02 Å². The predicted molar refractivity (Wildman–Crippen MR) is 102 cm³/mol. The molecule has 0 fully saturated rings. The van der Waals surface area contributed by atoms with E-state index >= 15 is 0 Å². The van der Waals surface area contributed by atoms with E-state index in [-0.39, 0.29) is 11.5 Å². The van der Waals surface area contributed by atoms with Gasteiger partial charge in [0.1, 0.15) is 0 Å². The predicted octanol–water partition coefficient (Wildman–Crippen LogP) is 2.63. The van der Waals surface area contributed by atoms with Crippen LogP contribution in [0.5, 0.6) is 0 Å². The second kappa shape index (κ2) is 6.90. The Labute approximate surface area is 155 Å². The maximum absolute atomic E-state index is 12.1. The van der Waals surface area contributed by atoms with E-state index in [9.17, 15) is 4.79 Å². The van der Waals surface area contributed by atoms with E-state index in [0.717, 1.165) is 35.6 Å². The molecule has 2 aromatic heterocycles. The summed E-state index contributed by atoms with van der Waals surface area (Å²) in [6.07, 6.45) is 2.58. The minimum absolute atomic E-state index is 0.149. The van der Waals surface area contributed by atoms with Gasteiger partial charge in [-0.2, -0.15) is 0 Å². The molecule has 3 aromatic rings. The number of benzene rings is 1. The number of hydrogen-bond acceptors (Lipinski definition) is 5. The van der Waals surface area contributed by atoms with Gasteiger partial charge in [0.2, 0.25) is 5.95 Å². The van der Waals surface area contributed by atoms with Crippen LogP contribution in [0, 0.1) is 0 Å². The number of hydrogen-bond donors (Lipinski definition) is 2. The van der Waals surface area contributed by atoms with Crippen molar-refractivity contribution in [3.05, 3.63) is 74.8 Å². The Morgan fingerprint density at radius 2 is 2.08 bits per heavy atom. The average molecular weight is 368 g/mol. The van der Waals surface area contributed by atoms with Crippen LogP contribution in [0.3, 0.4) is 0 Å². The van der Waals surface area contributed by atoms with E-state index in [4.69, 9.17) is 17.3 Å². The van der Waals surface area contributed by atoms with Crippen LogP contribution < -0.4 is 11.3 Å². The van der Waals surface area contributed by atoms with Gasteiger partial charge >= 0.3 is 0 Å². The number of fused-ring (bicyclic) bond motifs is 1. The molecule has 0 aliphatic carbocycles. The zero-order chi connectivity index (χ0) is 18.1. The van der Waals surface area contributed by atoms with Gasteiger partial charge in [-0.3, -0.25) is 19.7 Å². The molecule has 0 amide bonds. The molecule has 0 saturated carbocycles. The number of nitrogens with two attached hydrogens (primary N) is 1. The van der Waals surface area contributed by atoms with Crippen molar-refractivity contribution >= 4 is 17.5 Å². The Morgan fingerprint density at radius 3 is 2.85 bits per heavy atom. The van der Waals surface area contributed by atoms with Gasteiger partial charge in [-0.15, -0.1) is 0 Å². The molecule has 0 spiro atoms. The molecule has 0 saturated heterocycles. The standard InChI is InChI=1S/C19H18ClN5O/c20-15-4-2-1-3-13(15)16-6-5-12(9-22-16)10-25-8-7-17-14(11-25)18(26)24-19(21)23-17/h1-6,9H,7-8,10-11H2,(H3,21,23,24,26). The number of aromatic amines is 1. The summed E-state index contributed by atoms with van der Waals surface area (Å²) in [5.74, 6) is 0.182. The summed E-state index contributed by atoms with van der Waals surface area (Å²) >= 11 is 6.23. The van der Waals surface area contributed by atoms with Crippen LogP contribution in [-0.4, -0.2) is 26.4 Å². The van der Waals surface area contributed by atoms with Gasteiger partial charge in [-0.1, -0.05) is 35.9 Å². The van der Waals surface area contributed by atoms with Crippen LogP contribution in [0.15, 0.2) is 47.4 Å². The van der Waals surface area contributed by atoms with Gasteiger partial charge in [0.05, 0.1) is 17.0 Å². The van der Waals surface area contributed by atoms with Crippen molar-refractivity contribution in [1.29, 1.82) is 0 Å². The van der Waals surface area contributed by atoms with E-state index in [1.54, 1.807) is 0 Å². The van der Waals surface area contributed by atoms with Crippen LogP contribution >= 0.6 is 11.6 Å². The smallest absolute Gasteiger partial charge is 0.257 e. The summed E-state index contributed by atoms with van der Waals surface area (Å²) in [6, 6.07) is 11.7. The minimum Gasteiger partial charge on any atom is -0.369 e. The number of nitrogen functional groups attached to an aromatic ring is 1. The average Bonchev–Trinajstić information content (AvgIpc) is 2.63. The molecule has 1 aliphatic heterocycles. The van der Waals surface area contributed by atoms with E-state index in [2.05, 4.69) is 19.9 Å². The Balaban J connectivity index is 1.50. The second-order valence-corrected chi connectivity index (χ2v) is 6.78. The van der Waals surface area contributed by atoms with Gasteiger partial charge in [-0.05, 0) is 17.7 Å². The summed E-state index contributed by atoms with van der Waals surface area (Å²) < 4.78 is 0. The number of aromatic nitrogens is 3. The van der Waals surface area contributed by atoms with Crippen molar-refractivity contribution in [2.75, 3.05) is 12.3 Å². The fraction of sp³-hybridized carbons (Fsp3) is 0.211. The third-order valence-electron chi connectivity index (χ3n) is 4.55. The largest absolute Gasteiger partial charge is 0.369 e. The summed E-state index contributed by atoms with van der Waals surface area (Å²) in [4.78, 5) is 25.7. The number of pyridine rings is 1. The zero-order valence-electron chi connectivity index (χ0n) is 14.1. The second-order valence-electron chi connectivity index (χ2n) is 6.37. The third kappa shape index (κ3) is 3.34. The Morgan fingerprint density at radius 1 is 1.23 bits per heavy atom. The first-order chi connectivity index (χ1) is 12.6. The lowest BCUT2D eigenvalue weighted by atomic mass is 10.1. The van der Waals surface area contributed by atoms with Crippen molar-refractivity contribution in [1.82, 2.24) is 19.9 Å².